The Balaban J connectivity index is 1.69. The van der Waals surface area contributed by atoms with Crippen molar-refractivity contribution in [1.29, 1.82) is 0 Å². The van der Waals surface area contributed by atoms with Crippen molar-refractivity contribution in [3.63, 3.8) is 0 Å². The number of pyridine rings is 1. The van der Waals surface area contributed by atoms with Crippen molar-refractivity contribution >= 4 is 5.91 Å². The van der Waals surface area contributed by atoms with Gasteiger partial charge in [0.05, 0.1) is 18.3 Å². The number of β-amino-alcohol motifs (C(OH)–C–C–N with tert-alkyl or cyclic N) is 1. The van der Waals surface area contributed by atoms with Gasteiger partial charge in [0.15, 0.2) is 6.61 Å². The van der Waals surface area contributed by atoms with E-state index in [9.17, 15) is 14.3 Å². The van der Waals surface area contributed by atoms with Crippen LogP contribution in [0, 0.1) is 5.82 Å². The minimum absolute atomic E-state index is 0.129. The first-order chi connectivity index (χ1) is 11.1. The number of amides is 1. The van der Waals surface area contributed by atoms with Crippen molar-refractivity contribution in [3.8, 4) is 5.75 Å². The summed E-state index contributed by atoms with van der Waals surface area (Å²) in [4.78, 5) is 17.9. The second-order valence-electron chi connectivity index (χ2n) is 5.48. The van der Waals surface area contributed by atoms with Crippen LogP contribution >= 0.6 is 0 Å². The maximum absolute atomic E-state index is 13.1. The molecule has 2 heterocycles. The van der Waals surface area contributed by atoms with E-state index >= 15 is 0 Å². The van der Waals surface area contributed by atoms with Crippen LogP contribution in [-0.2, 0) is 4.79 Å². The van der Waals surface area contributed by atoms with Crippen LogP contribution in [0.15, 0.2) is 48.8 Å². The van der Waals surface area contributed by atoms with Crippen LogP contribution in [0.25, 0.3) is 0 Å². The number of hydrogen-bond donors (Lipinski definition) is 1. The smallest absolute Gasteiger partial charge is 0.261 e. The summed E-state index contributed by atoms with van der Waals surface area (Å²) in [6.07, 6.45) is 3.00. The van der Waals surface area contributed by atoms with Crippen LogP contribution in [0.5, 0.6) is 5.75 Å². The molecule has 5 nitrogen and oxygen atoms in total. The highest BCUT2D eigenvalue weighted by Gasteiger charge is 2.35. The summed E-state index contributed by atoms with van der Waals surface area (Å²) < 4.78 is 18.5. The van der Waals surface area contributed by atoms with Crippen molar-refractivity contribution in [2.75, 3.05) is 13.2 Å². The monoisotopic (exact) mass is 316 g/mol. The van der Waals surface area contributed by atoms with E-state index < -0.39 is 6.10 Å². The number of carbonyl (C=O) groups is 1. The minimum Gasteiger partial charge on any atom is -0.482 e. The molecule has 1 saturated heterocycles. The topological polar surface area (TPSA) is 62.7 Å². The van der Waals surface area contributed by atoms with Crippen LogP contribution in [-0.4, -0.2) is 40.2 Å². The van der Waals surface area contributed by atoms with Crippen LogP contribution in [0.2, 0.25) is 0 Å². The average molecular weight is 316 g/mol. The normalized spacial score (nSPS) is 20.5. The third kappa shape index (κ3) is 3.65. The van der Waals surface area contributed by atoms with Crippen molar-refractivity contribution in [1.82, 2.24) is 9.88 Å². The summed E-state index contributed by atoms with van der Waals surface area (Å²) >= 11 is 0. The highest BCUT2D eigenvalue weighted by Crippen LogP contribution is 2.32. The molecule has 0 radical (unpaired) electrons. The second kappa shape index (κ2) is 6.75. The molecule has 2 aromatic rings. The summed E-state index contributed by atoms with van der Waals surface area (Å²) in [6.45, 7) is 0.118. The molecule has 2 atom stereocenters. The van der Waals surface area contributed by atoms with Crippen molar-refractivity contribution in [2.24, 2.45) is 0 Å². The van der Waals surface area contributed by atoms with E-state index in [4.69, 9.17) is 4.74 Å². The number of likely N-dealkylation sites (tertiary alicyclic amines) is 1. The third-order valence-electron chi connectivity index (χ3n) is 3.85. The molecule has 120 valence electrons. The predicted octanol–water partition coefficient (Wildman–Crippen LogP) is 1.93. The zero-order chi connectivity index (χ0) is 16.2. The molecule has 3 rings (SSSR count). The molecule has 1 aromatic carbocycles. The Morgan fingerprint density at radius 2 is 2.13 bits per heavy atom. The fourth-order valence-corrected chi connectivity index (χ4v) is 2.75. The summed E-state index contributed by atoms with van der Waals surface area (Å²) in [5, 5.41) is 9.90. The predicted molar refractivity (Wildman–Crippen MR) is 81.2 cm³/mol. The lowest BCUT2D eigenvalue weighted by Gasteiger charge is -2.24. The summed E-state index contributed by atoms with van der Waals surface area (Å²) in [6, 6.07) is 9.16. The van der Waals surface area contributed by atoms with Gasteiger partial charge in [-0.15, -0.1) is 0 Å². The molecule has 0 spiro atoms. The average Bonchev–Trinajstić information content (AvgIpc) is 2.96. The zero-order valence-electron chi connectivity index (χ0n) is 12.4. The van der Waals surface area contributed by atoms with E-state index in [2.05, 4.69) is 4.98 Å². The quantitative estimate of drug-likeness (QED) is 0.936. The van der Waals surface area contributed by atoms with E-state index in [-0.39, 0.29) is 30.9 Å². The fourth-order valence-electron chi connectivity index (χ4n) is 2.75. The zero-order valence-corrected chi connectivity index (χ0v) is 12.4. The van der Waals surface area contributed by atoms with Gasteiger partial charge in [0.25, 0.3) is 5.91 Å². The number of aromatic nitrogens is 1. The Labute approximate surface area is 133 Å². The third-order valence-corrected chi connectivity index (χ3v) is 3.85. The van der Waals surface area contributed by atoms with Gasteiger partial charge in [0.2, 0.25) is 0 Å². The number of nitrogens with zero attached hydrogens (tertiary/aromatic N) is 2. The van der Waals surface area contributed by atoms with E-state index in [1.807, 2.05) is 0 Å². The van der Waals surface area contributed by atoms with Crippen molar-refractivity contribution < 1.29 is 19.0 Å². The highest BCUT2D eigenvalue weighted by molar-refractivity contribution is 5.78. The van der Waals surface area contributed by atoms with Gasteiger partial charge in [0, 0.05) is 12.7 Å². The largest absolute Gasteiger partial charge is 0.482 e. The SMILES string of the molecule is O=C(COc1cccnc1)N1C[C@@H](O)C[C@H]1c1ccc(F)cc1. The Hall–Kier alpha value is -2.47. The van der Waals surface area contributed by atoms with Gasteiger partial charge in [-0.05, 0) is 36.2 Å². The number of ether oxygens (including phenoxy) is 1. The molecule has 1 aliphatic heterocycles. The lowest BCUT2D eigenvalue weighted by molar-refractivity contribution is -0.134. The Morgan fingerprint density at radius 3 is 2.83 bits per heavy atom. The van der Waals surface area contributed by atoms with E-state index in [1.54, 1.807) is 35.4 Å². The second-order valence-corrected chi connectivity index (χ2v) is 5.48. The van der Waals surface area contributed by atoms with Crippen LogP contribution in [0.3, 0.4) is 0 Å². The molecule has 0 bridgehead atoms. The molecular formula is C17H17FN2O3. The molecule has 0 aliphatic carbocycles. The van der Waals surface area contributed by atoms with Gasteiger partial charge in [-0.2, -0.15) is 0 Å². The first-order valence-electron chi connectivity index (χ1n) is 7.39. The molecule has 1 N–H and O–H groups in total. The van der Waals surface area contributed by atoms with E-state index in [1.165, 1.54) is 18.3 Å². The van der Waals surface area contributed by atoms with Crippen molar-refractivity contribution in [2.45, 2.75) is 18.6 Å². The van der Waals surface area contributed by atoms with Crippen molar-refractivity contribution in [3.05, 3.63) is 60.2 Å². The molecule has 1 aliphatic rings. The Morgan fingerprint density at radius 1 is 1.35 bits per heavy atom. The lowest BCUT2D eigenvalue weighted by Crippen LogP contribution is -2.35. The highest BCUT2D eigenvalue weighted by atomic mass is 19.1. The van der Waals surface area contributed by atoms with Gasteiger partial charge in [-0.3, -0.25) is 9.78 Å². The van der Waals surface area contributed by atoms with Gasteiger partial charge < -0.3 is 14.7 Å². The molecular weight excluding hydrogens is 299 g/mol. The van der Waals surface area contributed by atoms with Crippen LogP contribution < -0.4 is 4.74 Å². The first-order valence-corrected chi connectivity index (χ1v) is 7.39. The number of benzene rings is 1. The number of hydrogen-bond acceptors (Lipinski definition) is 4. The summed E-state index contributed by atoms with van der Waals surface area (Å²) in [7, 11) is 0. The molecule has 23 heavy (non-hydrogen) atoms. The Bertz CT molecular complexity index is 663. The molecule has 6 heteroatoms. The molecule has 0 unspecified atom stereocenters. The molecule has 1 aromatic heterocycles. The lowest BCUT2D eigenvalue weighted by atomic mass is 10.0. The maximum atomic E-state index is 13.1. The number of aliphatic hydroxyl groups is 1. The number of carbonyl (C=O) groups excluding carboxylic acids is 1. The number of rotatable bonds is 4. The first kappa shape index (κ1) is 15.4. The van der Waals surface area contributed by atoms with Crippen LogP contribution in [0.4, 0.5) is 4.39 Å². The standard InChI is InChI=1S/C17H17FN2O3/c18-13-5-3-12(4-6-13)16-8-14(21)10-20(16)17(22)11-23-15-2-1-7-19-9-15/h1-7,9,14,16,21H,8,10-11H2/t14-,16-/m0/s1. The van der Waals surface area contributed by atoms with E-state index in [0.29, 0.717) is 12.2 Å². The van der Waals surface area contributed by atoms with Gasteiger partial charge in [0.1, 0.15) is 11.6 Å². The maximum Gasteiger partial charge on any atom is 0.261 e. The van der Waals surface area contributed by atoms with Gasteiger partial charge in [-0.25, -0.2) is 4.39 Å². The van der Waals surface area contributed by atoms with Gasteiger partial charge >= 0.3 is 0 Å². The van der Waals surface area contributed by atoms with E-state index in [0.717, 1.165) is 5.56 Å². The Kier molecular flexibility index (Phi) is 4.52. The molecule has 1 fully saturated rings. The van der Waals surface area contributed by atoms with Gasteiger partial charge in [-0.1, -0.05) is 12.1 Å². The fraction of sp³-hybridized carbons (Fsp3) is 0.294. The minimum atomic E-state index is -0.590. The number of halogens is 1. The number of aliphatic hydroxyl groups excluding tert-OH is 1. The summed E-state index contributed by atoms with van der Waals surface area (Å²) in [5.41, 5.74) is 0.803. The summed E-state index contributed by atoms with van der Waals surface area (Å²) in [5.74, 6) is -0.0382. The van der Waals surface area contributed by atoms with Crippen LogP contribution in [0.1, 0.15) is 18.0 Å². The molecule has 1 amide bonds. The molecule has 0 saturated carbocycles.